The summed E-state index contributed by atoms with van der Waals surface area (Å²) in [5, 5.41) is 3.52. The number of methoxy groups -OCH3 is 1. The molecule has 0 radical (unpaired) electrons. The number of ether oxygens (including phenoxy) is 1. The third kappa shape index (κ3) is 4.68. The Morgan fingerprint density at radius 2 is 2.19 bits per heavy atom. The Labute approximate surface area is 128 Å². The van der Waals surface area contributed by atoms with E-state index in [-0.39, 0.29) is 11.1 Å². The highest BCUT2D eigenvalue weighted by molar-refractivity contribution is 5.42. The summed E-state index contributed by atoms with van der Waals surface area (Å²) < 4.78 is 5.67. The highest BCUT2D eigenvalue weighted by Gasteiger charge is 2.31. The molecule has 1 aliphatic rings. The topological polar surface area (TPSA) is 37.4 Å². The smallest absolute Gasteiger partial charge is 0.128 e. The van der Waals surface area contributed by atoms with Gasteiger partial charge in [-0.25, -0.2) is 4.98 Å². The minimum Gasteiger partial charge on any atom is -0.377 e. The molecule has 1 aliphatic heterocycles. The molecule has 118 valence electrons. The van der Waals surface area contributed by atoms with Crippen molar-refractivity contribution in [3.05, 3.63) is 23.9 Å². The van der Waals surface area contributed by atoms with Crippen molar-refractivity contribution >= 4 is 5.82 Å². The second-order valence-electron chi connectivity index (χ2n) is 7.30. The maximum Gasteiger partial charge on any atom is 0.128 e. The second-order valence-corrected chi connectivity index (χ2v) is 7.30. The molecule has 1 unspecified atom stereocenters. The van der Waals surface area contributed by atoms with Crippen LogP contribution in [0.15, 0.2) is 18.3 Å². The summed E-state index contributed by atoms with van der Waals surface area (Å²) >= 11 is 0. The lowest BCUT2D eigenvalue weighted by Crippen LogP contribution is -2.47. The van der Waals surface area contributed by atoms with Gasteiger partial charge in [0.15, 0.2) is 0 Å². The number of nitrogens with zero attached hydrogens (tertiary/aromatic N) is 2. The zero-order chi connectivity index (χ0) is 15.5. The van der Waals surface area contributed by atoms with Crippen LogP contribution in [0.2, 0.25) is 0 Å². The van der Waals surface area contributed by atoms with E-state index in [1.807, 2.05) is 6.20 Å². The van der Waals surface area contributed by atoms with Crippen molar-refractivity contribution < 1.29 is 4.74 Å². The minimum absolute atomic E-state index is 0.0560. The third-order valence-corrected chi connectivity index (χ3v) is 4.11. The average Bonchev–Trinajstić information content (AvgIpc) is 2.45. The normalized spacial score (nSPS) is 23.4. The van der Waals surface area contributed by atoms with Crippen molar-refractivity contribution in [1.29, 1.82) is 0 Å². The molecular formula is C17H29N3O. The lowest BCUT2D eigenvalue weighted by atomic mass is 9.95. The highest BCUT2D eigenvalue weighted by atomic mass is 16.5. The molecular weight excluding hydrogens is 262 g/mol. The predicted octanol–water partition coefficient (Wildman–Crippen LogP) is 2.98. The summed E-state index contributed by atoms with van der Waals surface area (Å²) in [6.07, 6.45) is 4.18. The Bertz CT molecular complexity index is 469. The van der Waals surface area contributed by atoms with Gasteiger partial charge in [0.25, 0.3) is 0 Å². The molecule has 0 aromatic carbocycles. The molecule has 4 heteroatoms. The number of pyridine rings is 1. The number of hydrogen-bond donors (Lipinski definition) is 1. The van der Waals surface area contributed by atoms with E-state index in [1.165, 1.54) is 5.56 Å². The van der Waals surface area contributed by atoms with E-state index < -0.39 is 0 Å². The molecule has 0 bridgehead atoms. The van der Waals surface area contributed by atoms with E-state index in [0.717, 1.165) is 38.3 Å². The maximum absolute atomic E-state index is 5.67. The van der Waals surface area contributed by atoms with Gasteiger partial charge in [0.1, 0.15) is 5.82 Å². The zero-order valence-corrected chi connectivity index (χ0v) is 14.1. The Morgan fingerprint density at radius 1 is 1.43 bits per heavy atom. The van der Waals surface area contributed by atoms with Crippen molar-refractivity contribution in [1.82, 2.24) is 10.3 Å². The summed E-state index contributed by atoms with van der Waals surface area (Å²) in [7, 11) is 1.81. The lowest BCUT2D eigenvalue weighted by Gasteiger charge is -2.40. The van der Waals surface area contributed by atoms with Gasteiger partial charge < -0.3 is 15.0 Å². The van der Waals surface area contributed by atoms with Gasteiger partial charge in [-0.05, 0) is 58.2 Å². The molecule has 2 rings (SSSR count). The molecule has 21 heavy (non-hydrogen) atoms. The molecule has 0 saturated carbocycles. The zero-order valence-electron chi connectivity index (χ0n) is 14.1. The number of hydrogen-bond acceptors (Lipinski definition) is 4. The van der Waals surface area contributed by atoms with Gasteiger partial charge in [-0.2, -0.15) is 0 Å². The summed E-state index contributed by atoms with van der Waals surface area (Å²) in [6.45, 7) is 11.6. The van der Waals surface area contributed by atoms with Gasteiger partial charge in [-0.1, -0.05) is 0 Å². The number of aromatic nitrogens is 1. The molecule has 0 amide bonds. The van der Waals surface area contributed by atoms with Crippen LogP contribution in [0.1, 0.15) is 46.1 Å². The summed E-state index contributed by atoms with van der Waals surface area (Å²) in [5.74, 6) is 1.06. The third-order valence-electron chi connectivity index (χ3n) is 4.11. The van der Waals surface area contributed by atoms with E-state index in [1.54, 1.807) is 7.11 Å². The van der Waals surface area contributed by atoms with Crippen LogP contribution in [0.3, 0.4) is 0 Å². The highest BCUT2D eigenvalue weighted by Crippen LogP contribution is 2.27. The fourth-order valence-electron chi connectivity index (χ4n) is 2.68. The van der Waals surface area contributed by atoms with Crippen LogP contribution in [0.25, 0.3) is 0 Å². The molecule has 1 atom stereocenters. The Hall–Kier alpha value is -1.13. The van der Waals surface area contributed by atoms with Crippen LogP contribution in [0.5, 0.6) is 0 Å². The van der Waals surface area contributed by atoms with Crippen LogP contribution in [0.4, 0.5) is 5.82 Å². The maximum atomic E-state index is 5.67. The number of piperidine rings is 1. The largest absolute Gasteiger partial charge is 0.377 e. The van der Waals surface area contributed by atoms with Gasteiger partial charge in [-0.3, -0.25) is 0 Å². The van der Waals surface area contributed by atoms with Gasteiger partial charge in [0.05, 0.1) is 5.60 Å². The van der Waals surface area contributed by atoms with E-state index in [2.05, 4.69) is 55.0 Å². The van der Waals surface area contributed by atoms with Crippen molar-refractivity contribution in [3.8, 4) is 0 Å². The predicted molar refractivity (Wildman–Crippen MR) is 87.7 cm³/mol. The number of nitrogens with one attached hydrogen (secondary N) is 1. The van der Waals surface area contributed by atoms with Crippen LogP contribution >= 0.6 is 0 Å². The molecule has 0 aliphatic carbocycles. The van der Waals surface area contributed by atoms with Crippen molar-refractivity contribution in [3.63, 3.8) is 0 Å². The first-order chi connectivity index (χ1) is 9.81. The summed E-state index contributed by atoms with van der Waals surface area (Å²) in [5.41, 5.74) is 1.35. The monoisotopic (exact) mass is 291 g/mol. The molecule has 1 saturated heterocycles. The molecule has 1 aromatic rings. The fraction of sp³-hybridized carbons (Fsp3) is 0.706. The summed E-state index contributed by atoms with van der Waals surface area (Å²) in [6, 6.07) is 4.28. The molecule has 1 aromatic heterocycles. The van der Waals surface area contributed by atoms with E-state index in [0.29, 0.717) is 0 Å². The van der Waals surface area contributed by atoms with E-state index >= 15 is 0 Å². The lowest BCUT2D eigenvalue weighted by molar-refractivity contribution is -0.00481. The molecule has 1 N–H and O–H groups in total. The van der Waals surface area contributed by atoms with Gasteiger partial charge in [0, 0.05) is 38.5 Å². The standard InChI is InChI=1S/C17H29N3O/c1-16(2,3)19-12-14-7-9-18-15(11-14)20-10-6-8-17(4,13-20)21-5/h7,9,11,19H,6,8,10,12-13H2,1-5H3. The average molecular weight is 291 g/mol. The van der Waals surface area contributed by atoms with Crippen LogP contribution in [-0.4, -0.2) is 36.3 Å². The van der Waals surface area contributed by atoms with Crippen LogP contribution < -0.4 is 10.2 Å². The van der Waals surface area contributed by atoms with Crippen molar-refractivity contribution in [2.75, 3.05) is 25.1 Å². The molecule has 0 spiro atoms. The Morgan fingerprint density at radius 3 is 2.86 bits per heavy atom. The van der Waals surface area contributed by atoms with Gasteiger partial charge in [-0.15, -0.1) is 0 Å². The van der Waals surface area contributed by atoms with E-state index in [9.17, 15) is 0 Å². The van der Waals surface area contributed by atoms with Crippen molar-refractivity contribution in [2.24, 2.45) is 0 Å². The minimum atomic E-state index is -0.0560. The van der Waals surface area contributed by atoms with Crippen molar-refractivity contribution in [2.45, 2.75) is 58.2 Å². The Balaban J connectivity index is 2.06. The van der Waals surface area contributed by atoms with Gasteiger partial charge in [0.2, 0.25) is 0 Å². The van der Waals surface area contributed by atoms with E-state index in [4.69, 9.17) is 4.74 Å². The number of anilines is 1. The summed E-state index contributed by atoms with van der Waals surface area (Å²) in [4.78, 5) is 6.89. The number of rotatable bonds is 4. The first-order valence-electron chi connectivity index (χ1n) is 7.81. The molecule has 4 nitrogen and oxygen atoms in total. The van der Waals surface area contributed by atoms with Crippen LogP contribution in [0, 0.1) is 0 Å². The molecule has 2 heterocycles. The fourth-order valence-corrected chi connectivity index (χ4v) is 2.68. The SMILES string of the molecule is COC1(C)CCCN(c2cc(CNC(C)(C)C)ccn2)C1. The first kappa shape index (κ1) is 16.2. The molecule has 1 fully saturated rings. The van der Waals surface area contributed by atoms with Gasteiger partial charge >= 0.3 is 0 Å². The first-order valence-corrected chi connectivity index (χ1v) is 7.81. The Kier molecular flexibility index (Phi) is 4.89. The quantitative estimate of drug-likeness (QED) is 0.925. The second kappa shape index (κ2) is 6.32. The van der Waals surface area contributed by atoms with Crippen LogP contribution in [-0.2, 0) is 11.3 Å².